The Morgan fingerprint density at radius 3 is 2.82 bits per heavy atom. The molecular formula is C11H9ClF2N2O. The quantitative estimate of drug-likeness (QED) is 0.788. The van der Waals surface area contributed by atoms with E-state index < -0.39 is 11.6 Å². The van der Waals surface area contributed by atoms with Crippen molar-refractivity contribution >= 4 is 11.6 Å². The number of benzene rings is 1. The van der Waals surface area contributed by atoms with Crippen molar-refractivity contribution in [3.05, 3.63) is 35.7 Å². The van der Waals surface area contributed by atoms with Crippen molar-refractivity contribution in [3.8, 4) is 11.5 Å². The minimum atomic E-state index is -0.747. The number of halogens is 3. The molecule has 3 nitrogen and oxygen atoms in total. The molecule has 1 atom stereocenters. The van der Waals surface area contributed by atoms with Crippen LogP contribution in [0, 0.1) is 11.6 Å². The Morgan fingerprint density at radius 2 is 2.18 bits per heavy atom. The van der Waals surface area contributed by atoms with E-state index in [1.54, 1.807) is 0 Å². The molecule has 90 valence electrons. The molecule has 2 rings (SSSR count). The van der Waals surface area contributed by atoms with Crippen LogP contribution in [0.4, 0.5) is 8.78 Å². The zero-order valence-corrected chi connectivity index (χ0v) is 9.71. The lowest BCUT2D eigenvalue weighted by molar-refractivity contribution is 0.418. The largest absolute Gasteiger partial charge is 0.334 e. The molecule has 0 aliphatic carbocycles. The van der Waals surface area contributed by atoms with Crippen LogP contribution in [0.25, 0.3) is 11.5 Å². The van der Waals surface area contributed by atoms with Crippen molar-refractivity contribution in [2.45, 2.75) is 18.7 Å². The van der Waals surface area contributed by atoms with Crippen molar-refractivity contribution in [3.63, 3.8) is 0 Å². The van der Waals surface area contributed by atoms with Crippen molar-refractivity contribution in [1.29, 1.82) is 0 Å². The molecule has 0 amide bonds. The predicted molar refractivity (Wildman–Crippen MR) is 58.5 cm³/mol. The van der Waals surface area contributed by atoms with Gasteiger partial charge in [0.05, 0.1) is 10.9 Å². The molecule has 0 spiro atoms. The Bertz CT molecular complexity index is 530. The van der Waals surface area contributed by atoms with Gasteiger partial charge in [0.25, 0.3) is 5.89 Å². The van der Waals surface area contributed by atoms with Crippen LogP contribution in [-0.2, 0) is 0 Å². The Balaban J connectivity index is 2.37. The van der Waals surface area contributed by atoms with Gasteiger partial charge in [-0.15, -0.1) is 11.6 Å². The Labute approximate surface area is 101 Å². The fraction of sp³-hybridized carbons (Fsp3) is 0.273. The summed E-state index contributed by atoms with van der Waals surface area (Å²) in [7, 11) is 0. The minimum absolute atomic E-state index is 0.00315. The molecule has 0 N–H and O–H groups in total. The van der Waals surface area contributed by atoms with E-state index in [2.05, 4.69) is 10.1 Å². The van der Waals surface area contributed by atoms with E-state index in [4.69, 9.17) is 16.1 Å². The topological polar surface area (TPSA) is 38.9 Å². The third-order valence-electron chi connectivity index (χ3n) is 2.24. The van der Waals surface area contributed by atoms with Gasteiger partial charge in [0.15, 0.2) is 5.82 Å². The first-order valence-electron chi connectivity index (χ1n) is 5.05. The van der Waals surface area contributed by atoms with Gasteiger partial charge in [-0.1, -0.05) is 12.1 Å². The standard InChI is InChI=1S/C11H9ClF2N2O/c1-2-8(12)10-15-11(17-16-10)7-4-3-6(13)5-9(7)14/h3-5,8H,2H2,1H3. The highest BCUT2D eigenvalue weighted by atomic mass is 35.5. The van der Waals surface area contributed by atoms with E-state index in [9.17, 15) is 8.78 Å². The molecule has 0 bridgehead atoms. The van der Waals surface area contributed by atoms with Crippen LogP contribution in [-0.4, -0.2) is 10.1 Å². The van der Waals surface area contributed by atoms with Crippen LogP contribution >= 0.6 is 11.6 Å². The summed E-state index contributed by atoms with van der Waals surface area (Å²) in [6.45, 7) is 1.87. The molecular weight excluding hydrogens is 250 g/mol. The molecule has 17 heavy (non-hydrogen) atoms. The van der Waals surface area contributed by atoms with Gasteiger partial charge in [0, 0.05) is 6.07 Å². The average molecular weight is 259 g/mol. The maximum absolute atomic E-state index is 13.4. The summed E-state index contributed by atoms with van der Waals surface area (Å²) in [6.07, 6.45) is 0.631. The number of rotatable bonds is 3. The van der Waals surface area contributed by atoms with Crippen molar-refractivity contribution < 1.29 is 13.3 Å². The van der Waals surface area contributed by atoms with Crippen LogP contribution in [0.5, 0.6) is 0 Å². The van der Waals surface area contributed by atoms with Gasteiger partial charge in [-0.3, -0.25) is 0 Å². The number of nitrogens with zero attached hydrogens (tertiary/aromatic N) is 2. The van der Waals surface area contributed by atoms with E-state index in [0.29, 0.717) is 12.2 Å². The fourth-order valence-electron chi connectivity index (χ4n) is 1.32. The molecule has 1 aromatic heterocycles. The van der Waals surface area contributed by atoms with Crippen LogP contribution in [0.2, 0.25) is 0 Å². The summed E-state index contributed by atoms with van der Waals surface area (Å²) < 4.78 is 31.0. The molecule has 0 saturated heterocycles. The first-order valence-corrected chi connectivity index (χ1v) is 5.48. The Hall–Kier alpha value is -1.49. The molecule has 0 radical (unpaired) electrons. The summed E-state index contributed by atoms with van der Waals surface area (Å²) in [5.74, 6) is -1.11. The lowest BCUT2D eigenvalue weighted by Gasteiger charge is -1.97. The normalized spacial score (nSPS) is 12.7. The fourth-order valence-corrected chi connectivity index (χ4v) is 1.41. The van der Waals surface area contributed by atoms with Gasteiger partial charge >= 0.3 is 0 Å². The van der Waals surface area contributed by atoms with Gasteiger partial charge in [0.1, 0.15) is 11.6 Å². The third kappa shape index (κ3) is 2.44. The van der Waals surface area contributed by atoms with E-state index in [-0.39, 0.29) is 16.8 Å². The molecule has 6 heteroatoms. The lowest BCUT2D eigenvalue weighted by atomic mass is 10.2. The minimum Gasteiger partial charge on any atom is -0.334 e. The monoisotopic (exact) mass is 258 g/mol. The van der Waals surface area contributed by atoms with E-state index in [1.165, 1.54) is 6.07 Å². The molecule has 0 aliphatic rings. The first-order chi connectivity index (χ1) is 8.11. The summed E-state index contributed by atoms with van der Waals surface area (Å²) in [6, 6.07) is 3.13. The molecule has 0 fully saturated rings. The van der Waals surface area contributed by atoms with Gasteiger partial charge in [-0.05, 0) is 18.6 Å². The summed E-state index contributed by atoms with van der Waals surface area (Å²) in [5.41, 5.74) is 0.0603. The van der Waals surface area contributed by atoms with E-state index >= 15 is 0 Å². The molecule has 1 aromatic carbocycles. The summed E-state index contributed by atoms with van der Waals surface area (Å²) in [4.78, 5) is 3.97. The maximum Gasteiger partial charge on any atom is 0.260 e. The third-order valence-corrected chi connectivity index (χ3v) is 2.75. The van der Waals surface area contributed by atoms with Gasteiger partial charge in [0.2, 0.25) is 0 Å². The molecule has 1 heterocycles. The molecule has 0 aliphatic heterocycles. The smallest absolute Gasteiger partial charge is 0.260 e. The zero-order chi connectivity index (χ0) is 12.4. The first kappa shape index (κ1) is 12.0. The molecule has 2 aromatic rings. The van der Waals surface area contributed by atoms with Crippen molar-refractivity contribution in [2.24, 2.45) is 0 Å². The number of hydrogen-bond donors (Lipinski definition) is 0. The summed E-state index contributed by atoms with van der Waals surface area (Å²) in [5, 5.41) is 3.27. The maximum atomic E-state index is 13.4. The number of aromatic nitrogens is 2. The van der Waals surface area contributed by atoms with Gasteiger partial charge in [-0.25, -0.2) is 8.78 Å². The van der Waals surface area contributed by atoms with Crippen molar-refractivity contribution in [1.82, 2.24) is 10.1 Å². The second kappa shape index (κ2) is 4.79. The van der Waals surface area contributed by atoms with E-state index in [1.807, 2.05) is 6.92 Å². The second-order valence-electron chi connectivity index (χ2n) is 3.46. The van der Waals surface area contributed by atoms with Crippen molar-refractivity contribution in [2.75, 3.05) is 0 Å². The highest BCUT2D eigenvalue weighted by molar-refractivity contribution is 6.20. The summed E-state index contributed by atoms with van der Waals surface area (Å²) >= 11 is 5.92. The van der Waals surface area contributed by atoms with Crippen LogP contribution in [0.1, 0.15) is 24.5 Å². The van der Waals surface area contributed by atoms with Crippen LogP contribution < -0.4 is 0 Å². The van der Waals surface area contributed by atoms with E-state index in [0.717, 1.165) is 12.1 Å². The van der Waals surface area contributed by atoms with Gasteiger partial charge in [-0.2, -0.15) is 4.98 Å². The average Bonchev–Trinajstić information content (AvgIpc) is 2.77. The Morgan fingerprint density at radius 1 is 1.41 bits per heavy atom. The molecule has 0 saturated carbocycles. The molecule has 1 unspecified atom stereocenters. The lowest BCUT2D eigenvalue weighted by Crippen LogP contribution is -1.91. The highest BCUT2D eigenvalue weighted by Crippen LogP contribution is 2.26. The zero-order valence-electron chi connectivity index (χ0n) is 8.95. The van der Waals surface area contributed by atoms with Crippen LogP contribution in [0.15, 0.2) is 22.7 Å². The SMILES string of the molecule is CCC(Cl)c1noc(-c2ccc(F)cc2F)n1. The van der Waals surface area contributed by atoms with Gasteiger partial charge < -0.3 is 4.52 Å². The number of hydrogen-bond acceptors (Lipinski definition) is 3. The number of alkyl halides is 1. The predicted octanol–water partition coefficient (Wildman–Crippen LogP) is 3.70. The highest BCUT2D eigenvalue weighted by Gasteiger charge is 2.17. The second-order valence-corrected chi connectivity index (χ2v) is 3.98. The Kier molecular flexibility index (Phi) is 3.38. The van der Waals surface area contributed by atoms with Crippen LogP contribution in [0.3, 0.4) is 0 Å².